The Morgan fingerprint density at radius 1 is 1.00 bits per heavy atom. The van der Waals surface area contributed by atoms with Crippen LogP contribution in [0.1, 0.15) is 29.8 Å². The van der Waals surface area contributed by atoms with Crippen LogP contribution in [0.4, 0.5) is 11.5 Å². The summed E-state index contributed by atoms with van der Waals surface area (Å²) in [5.74, 6) is 1.31. The molecule has 8 nitrogen and oxygen atoms in total. The quantitative estimate of drug-likeness (QED) is 0.399. The number of nitrogens with zero attached hydrogens (tertiary/aromatic N) is 4. The van der Waals surface area contributed by atoms with E-state index in [0.717, 1.165) is 59.7 Å². The van der Waals surface area contributed by atoms with E-state index in [1.807, 2.05) is 48.7 Å². The fourth-order valence-electron chi connectivity index (χ4n) is 6.03. The first kappa shape index (κ1) is 21.5. The molecule has 2 atom stereocenters. The first-order chi connectivity index (χ1) is 17.7. The number of ether oxygens (including phenoxy) is 1. The van der Waals surface area contributed by atoms with Gasteiger partial charge in [0.1, 0.15) is 18.2 Å². The number of fused-ring (bicyclic) bond motifs is 4. The van der Waals surface area contributed by atoms with Crippen LogP contribution in [0.15, 0.2) is 54.7 Å². The third-order valence-corrected chi connectivity index (χ3v) is 7.72. The Hall–Kier alpha value is -3.78. The molecule has 3 N–H and O–H groups in total. The molecule has 5 heterocycles. The van der Waals surface area contributed by atoms with Gasteiger partial charge in [0.25, 0.3) is 0 Å². The largest absolute Gasteiger partial charge is 0.508 e. The van der Waals surface area contributed by atoms with Gasteiger partial charge in [0.15, 0.2) is 0 Å². The van der Waals surface area contributed by atoms with Gasteiger partial charge in [-0.25, -0.2) is 0 Å². The van der Waals surface area contributed by atoms with Crippen molar-refractivity contribution in [2.75, 3.05) is 29.4 Å². The Labute approximate surface area is 209 Å². The summed E-state index contributed by atoms with van der Waals surface area (Å²) in [6.45, 7) is 3.83. The molecule has 184 valence electrons. The van der Waals surface area contributed by atoms with Gasteiger partial charge in [-0.1, -0.05) is 24.3 Å². The number of anilines is 2. The van der Waals surface area contributed by atoms with E-state index in [2.05, 4.69) is 26.2 Å². The molecule has 2 aromatic heterocycles. The summed E-state index contributed by atoms with van der Waals surface area (Å²) in [5.41, 5.74) is 4.26. The zero-order valence-electron chi connectivity index (χ0n) is 20.2. The molecule has 2 saturated heterocycles. The van der Waals surface area contributed by atoms with Crippen molar-refractivity contribution in [3.8, 4) is 11.8 Å². The smallest absolute Gasteiger partial charge is 0.319 e. The molecule has 3 aliphatic rings. The Balaban J connectivity index is 1.25. The van der Waals surface area contributed by atoms with Gasteiger partial charge in [0.2, 0.25) is 0 Å². The van der Waals surface area contributed by atoms with E-state index in [-0.39, 0.29) is 5.75 Å². The van der Waals surface area contributed by atoms with Crippen LogP contribution in [0.3, 0.4) is 0 Å². The first-order valence-electron chi connectivity index (χ1n) is 12.8. The van der Waals surface area contributed by atoms with E-state index in [9.17, 15) is 5.11 Å². The van der Waals surface area contributed by atoms with Crippen LogP contribution in [0.5, 0.6) is 11.8 Å². The molecule has 8 heteroatoms. The molecule has 0 amide bonds. The van der Waals surface area contributed by atoms with E-state index in [1.54, 1.807) is 0 Å². The molecule has 0 radical (unpaired) electrons. The molecule has 36 heavy (non-hydrogen) atoms. The maximum absolute atomic E-state index is 10.4. The summed E-state index contributed by atoms with van der Waals surface area (Å²) in [6, 6.07) is 17.3. The molecule has 3 aliphatic heterocycles. The second-order valence-corrected chi connectivity index (χ2v) is 10.1. The summed E-state index contributed by atoms with van der Waals surface area (Å²) < 4.78 is 6.09. The van der Waals surface area contributed by atoms with Crippen LogP contribution in [0, 0.1) is 0 Å². The van der Waals surface area contributed by atoms with E-state index in [4.69, 9.17) is 14.7 Å². The van der Waals surface area contributed by atoms with Crippen LogP contribution >= 0.6 is 0 Å². The number of hydrogen-bond donors (Lipinski definition) is 3. The molecule has 0 spiro atoms. The number of phenolic OH excluding ortho intramolecular Hbond substituents is 1. The molecular weight excluding hydrogens is 452 g/mol. The number of benzene rings is 2. The van der Waals surface area contributed by atoms with E-state index >= 15 is 0 Å². The molecule has 0 saturated carbocycles. The maximum Gasteiger partial charge on any atom is 0.319 e. The average molecular weight is 483 g/mol. The average Bonchev–Trinajstić information content (AvgIpc) is 3.55. The number of hydrogen-bond acceptors (Lipinski definition) is 7. The van der Waals surface area contributed by atoms with Crippen molar-refractivity contribution >= 4 is 22.3 Å². The predicted molar refractivity (Wildman–Crippen MR) is 140 cm³/mol. The van der Waals surface area contributed by atoms with Gasteiger partial charge in [-0.3, -0.25) is 0 Å². The topological polar surface area (TPSA) is 89.5 Å². The number of aromatic amines is 1. The predicted octanol–water partition coefficient (Wildman–Crippen LogP) is 3.75. The number of aromatic hydroxyl groups is 1. The lowest BCUT2D eigenvalue weighted by Crippen LogP contribution is -2.52. The molecular formula is C28H30N6O2. The van der Waals surface area contributed by atoms with E-state index in [0.29, 0.717) is 31.2 Å². The fraction of sp³-hybridized carbons (Fsp3) is 0.357. The van der Waals surface area contributed by atoms with Gasteiger partial charge >= 0.3 is 6.01 Å². The van der Waals surface area contributed by atoms with E-state index in [1.165, 1.54) is 18.4 Å². The second kappa shape index (κ2) is 8.71. The van der Waals surface area contributed by atoms with Crippen LogP contribution in [-0.2, 0) is 19.6 Å². The third-order valence-electron chi connectivity index (χ3n) is 7.72. The Morgan fingerprint density at radius 3 is 2.69 bits per heavy atom. The highest BCUT2D eigenvalue weighted by Gasteiger charge is 2.35. The van der Waals surface area contributed by atoms with Gasteiger partial charge in [-0.15, -0.1) is 0 Å². The zero-order valence-corrected chi connectivity index (χ0v) is 20.2. The first-order valence-corrected chi connectivity index (χ1v) is 12.8. The number of phenols is 1. The lowest BCUT2D eigenvalue weighted by atomic mass is 10.0. The molecule has 7 rings (SSSR count). The Morgan fingerprint density at radius 2 is 1.86 bits per heavy atom. The van der Waals surface area contributed by atoms with Crippen molar-refractivity contribution in [3.63, 3.8) is 0 Å². The van der Waals surface area contributed by atoms with Gasteiger partial charge in [0.05, 0.1) is 17.9 Å². The fourth-order valence-corrected chi connectivity index (χ4v) is 6.03. The number of piperazine rings is 1. The van der Waals surface area contributed by atoms with Crippen molar-refractivity contribution in [2.45, 2.75) is 44.5 Å². The van der Waals surface area contributed by atoms with E-state index < -0.39 is 0 Å². The third kappa shape index (κ3) is 3.91. The molecule has 2 unspecified atom stereocenters. The maximum atomic E-state index is 10.4. The molecule has 2 fully saturated rings. The lowest BCUT2D eigenvalue weighted by Gasteiger charge is -2.37. The second-order valence-electron chi connectivity index (χ2n) is 10.1. The van der Waals surface area contributed by atoms with Crippen LogP contribution in [0.25, 0.3) is 10.8 Å². The van der Waals surface area contributed by atoms with Crippen LogP contribution < -0.4 is 19.9 Å². The standard InChI is InChI=1S/C28H30N6O2/c35-22-12-18-4-1-2-6-23(18)26(13-22)33-11-9-24-25(16-33)31-28(36-17-21-5-3-10-29-21)32-27(24)34-14-19-7-8-20(15-34)30-19/h1-6,10,12-13,19-20,29-30,35H,7-9,11,14-17H2. The van der Waals surface area contributed by atoms with Gasteiger partial charge < -0.3 is 29.9 Å². The van der Waals surface area contributed by atoms with Crippen molar-refractivity contribution < 1.29 is 9.84 Å². The Kier molecular flexibility index (Phi) is 5.20. The zero-order chi connectivity index (χ0) is 24.1. The Bertz CT molecular complexity index is 1390. The highest BCUT2D eigenvalue weighted by Crippen LogP contribution is 2.37. The summed E-state index contributed by atoms with van der Waals surface area (Å²) in [5, 5.41) is 16.3. The monoisotopic (exact) mass is 482 g/mol. The minimum Gasteiger partial charge on any atom is -0.508 e. The summed E-state index contributed by atoms with van der Waals surface area (Å²) in [4.78, 5) is 17.8. The number of H-pyrrole nitrogens is 1. The van der Waals surface area contributed by atoms with Gasteiger partial charge in [0, 0.05) is 60.6 Å². The molecule has 4 aromatic rings. The van der Waals surface area contributed by atoms with Crippen molar-refractivity contribution in [1.29, 1.82) is 0 Å². The van der Waals surface area contributed by atoms with Crippen molar-refractivity contribution in [1.82, 2.24) is 20.3 Å². The lowest BCUT2D eigenvalue weighted by molar-refractivity contribution is 0.275. The minimum absolute atomic E-state index is 0.282. The van der Waals surface area contributed by atoms with Crippen molar-refractivity contribution in [2.24, 2.45) is 0 Å². The number of aromatic nitrogens is 3. The highest BCUT2D eigenvalue weighted by molar-refractivity contribution is 5.95. The minimum atomic E-state index is 0.282. The van der Waals surface area contributed by atoms with Gasteiger partial charge in [-0.05, 0) is 42.8 Å². The van der Waals surface area contributed by atoms with Crippen LogP contribution in [0.2, 0.25) is 0 Å². The van der Waals surface area contributed by atoms with Crippen LogP contribution in [-0.4, -0.2) is 51.8 Å². The summed E-state index contributed by atoms with van der Waals surface area (Å²) in [6.07, 6.45) is 5.20. The number of nitrogens with one attached hydrogen (secondary N) is 2. The normalized spacial score (nSPS) is 21.1. The summed E-state index contributed by atoms with van der Waals surface area (Å²) in [7, 11) is 0. The SMILES string of the molecule is Oc1cc(N2CCc3c(nc(OCc4ccc[nH]4)nc3N3CC4CCC(C3)N4)C2)c2ccccc2c1. The van der Waals surface area contributed by atoms with Crippen molar-refractivity contribution in [3.05, 3.63) is 71.7 Å². The molecule has 0 aliphatic carbocycles. The summed E-state index contributed by atoms with van der Waals surface area (Å²) >= 11 is 0. The highest BCUT2D eigenvalue weighted by atomic mass is 16.5. The van der Waals surface area contributed by atoms with Gasteiger partial charge in [-0.2, -0.15) is 9.97 Å². The number of rotatable bonds is 5. The molecule has 2 bridgehead atoms. The molecule has 2 aromatic carbocycles.